The van der Waals surface area contributed by atoms with Gasteiger partial charge in [-0.1, -0.05) is 42.5 Å². The van der Waals surface area contributed by atoms with Gasteiger partial charge < -0.3 is 15.2 Å². The molecule has 2 aromatic rings. The highest BCUT2D eigenvalue weighted by Gasteiger charge is 2.51. The van der Waals surface area contributed by atoms with Crippen molar-refractivity contribution in [3.05, 3.63) is 64.6 Å². The van der Waals surface area contributed by atoms with Crippen molar-refractivity contribution < 1.29 is 24.2 Å². The summed E-state index contributed by atoms with van der Waals surface area (Å²) in [5.41, 5.74) is 1.38. The van der Waals surface area contributed by atoms with E-state index in [0.717, 1.165) is 10.4 Å². The third-order valence-electron chi connectivity index (χ3n) is 5.69. The van der Waals surface area contributed by atoms with Gasteiger partial charge in [0.1, 0.15) is 5.00 Å². The summed E-state index contributed by atoms with van der Waals surface area (Å²) in [4.78, 5) is 37.8. The molecule has 0 saturated heterocycles. The molecule has 1 heterocycles. The maximum absolute atomic E-state index is 13.0. The largest absolute Gasteiger partial charge is 0.481 e. The van der Waals surface area contributed by atoms with E-state index in [0.29, 0.717) is 23.4 Å². The number of carbonyl (C=O) groups is 3. The Bertz CT molecular complexity index is 980. The molecule has 4 rings (SSSR count). The minimum Gasteiger partial charge on any atom is -0.481 e. The van der Waals surface area contributed by atoms with Crippen LogP contribution >= 0.6 is 11.3 Å². The Morgan fingerprint density at radius 3 is 2.48 bits per heavy atom. The molecule has 1 saturated carbocycles. The fourth-order valence-electron chi connectivity index (χ4n) is 4.39. The number of thiophene rings is 1. The molecule has 1 fully saturated rings. The van der Waals surface area contributed by atoms with E-state index in [9.17, 15) is 19.5 Å². The van der Waals surface area contributed by atoms with Crippen LogP contribution in [0, 0.1) is 23.7 Å². The topological polar surface area (TPSA) is 92.7 Å². The highest BCUT2D eigenvalue weighted by molar-refractivity contribution is 7.16. The average Bonchev–Trinajstić information content (AvgIpc) is 3.42. The van der Waals surface area contributed by atoms with Crippen molar-refractivity contribution in [3.63, 3.8) is 0 Å². The van der Waals surface area contributed by atoms with Crippen molar-refractivity contribution in [1.29, 1.82) is 0 Å². The van der Waals surface area contributed by atoms with Gasteiger partial charge >= 0.3 is 11.9 Å². The molecule has 1 aromatic carbocycles. The van der Waals surface area contributed by atoms with Crippen LogP contribution in [0.3, 0.4) is 0 Å². The SMILES string of the molecule is COC(=O)c1cc(Cc2ccccc2)sc1NC(=O)[C@H]1[C@H](C(=O)O)[C@H]2C=C[C@H]1C2. The van der Waals surface area contributed by atoms with Gasteiger partial charge in [-0.25, -0.2) is 4.79 Å². The summed E-state index contributed by atoms with van der Waals surface area (Å²) in [6, 6.07) is 11.5. The lowest BCUT2D eigenvalue weighted by Crippen LogP contribution is -2.36. The third-order valence-corrected chi connectivity index (χ3v) is 6.74. The van der Waals surface area contributed by atoms with Gasteiger partial charge in [-0.05, 0) is 29.9 Å². The molecule has 29 heavy (non-hydrogen) atoms. The highest BCUT2D eigenvalue weighted by Crippen LogP contribution is 2.48. The zero-order valence-electron chi connectivity index (χ0n) is 15.8. The molecular formula is C22H21NO5S. The van der Waals surface area contributed by atoms with E-state index in [1.165, 1.54) is 18.4 Å². The first-order valence-electron chi connectivity index (χ1n) is 9.45. The molecular weight excluding hydrogens is 390 g/mol. The van der Waals surface area contributed by atoms with Crippen LogP contribution in [0.4, 0.5) is 5.00 Å². The Kier molecular flexibility index (Phi) is 5.24. The number of amides is 1. The summed E-state index contributed by atoms with van der Waals surface area (Å²) in [6.07, 6.45) is 5.14. The number of nitrogens with one attached hydrogen (secondary N) is 1. The molecule has 1 aromatic heterocycles. The van der Waals surface area contributed by atoms with Crippen molar-refractivity contribution in [3.8, 4) is 0 Å². The van der Waals surface area contributed by atoms with Crippen molar-refractivity contribution >= 4 is 34.2 Å². The number of carbonyl (C=O) groups excluding carboxylic acids is 2. The van der Waals surface area contributed by atoms with E-state index in [-0.39, 0.29) is 17.7 Å². The molecule has 1 amide bonds. The molecule has 2 N–H and O–H groups in total. The molecule has 150 valence electrons. The number of methoxy groups -OCH3 is 1. The second-order valence-electron chi connectivity index (χ2n) is 7.44. The molecule has 0 aliphatic heterocycles. The summed E-state index contributed by atoms with van der Waals surface area (Å²) in [7, 11) is 1.30. The summed E-state index contributed by atoms with van der Waals surface area (Å²) < 4.78 is 4.87. The van der Waals surface area contributed by atoms with Gasteiger partial charge in [0.2, 0.25) is 5.91 Å². The van der Waals surface area contributed by atoms with Gasteiger partial charge in [0.25, 0.3) is 0 Å². The van der Waals surface area contributed by atoms with Crippen molar-refractivity contribution in [1.82, 2.24) is 0 Å². The van der Waals surface area contributed by atoms with Crippen molar-refractivity contribution in [2.75, 3.05) is 12.4 Å². The molecule has 0 radical (unpaired) electrons. The number of carboxylic acids is 1. The number of esters is 1. The van der Waals surface area contributed by atoms with Crippen LogP contribution < -0.4 is 5.32 Å². The monoisotopic (exact) mass is 411 g/mol. The lowest BCUT2D eigenvalue weighted by Gasteiger charge is -2.23. The Hall–Kier alpha value is -2.93. The van der Waals surface area contributed by atoms with Gasteiger partial charge in [-0.15, -0.1) is 11.3 Å². The van der Waals surface area contributed by atoms with Crippen molar-refractivity contribution in [2.45, 2.75) is 12.8 Å². The lowest BCUT2D eigenvalue weighted by molar-refractivity contribution is -0.146. The van der Waals surface area contributed by atoms with E-state index in [1.54, 1.807) is 6.07 Å². The number of carboxylic acid groups (broad SMARTS) is 1. The van der Waals surface area contributed by atoms with E-state index < -0.39 is 23.8 Å². The lowest BCUT2D eigenvalue weighted by atomic mass is 9.82. The zero-order chi connectivity index (χ0) is 20.5. The second kappa shape index (κ2) is 7.83. The standard InChI is InChI=1S/C22H21NO5S/c1-28-22(27)16-11-15(9-12-5-3-2-4-6-12)29-20(16)23-19(24)17-13-7-8-14(10-13)18(17)21(25)26/h2-8,11,13-14,17-18H,9-10H2,1H3,(H,23,24)(H,25,26)/t13-,14-,17+,18+/m0/s1. The van der Waals surface area contributed by atoms with Crippen LogP contribution in [0.2, 0.25) is 0 Å². The first-order chi connectivity index (χ1) is 14.0. The van der Waals surface area contributed by atoms with E-state index in [4.69, 9.17) is 4.74 Å². The van der Waals surface area contributed by atoms with E-state index in [1.807, 2.05) is 42.5 Å². The first kappa shape index (κ1) is 19.4. The van der Waals surface area contributed by atoms with Gasteiger partial charge in [-0.3, -0.25) is 9.59 Å². The van der Waals surface area contributed by atoms with Crippen LogP contribution in [0.25, 0.3) is 0 Å². The predicted octanol–water partition coefficient (Wildman–Crippen LogP) is 3.59. The summed E-state index contributed by atoms with van der Waals surface area (Å²) in [5, 5.41) is 12.8. The molecule has 2 aliphatic rings. The first-order valence-corrected chi connectivity index (χ1v) is 10.3. The molecule has 6 nitrogen and oxygen atoms in total. The number of ether oxygens (including phenoxy) is 1. The number of anilines is 1. The molecule has 2 bridgehead atoms. The molecule has 4 atom stereocenters. The maximum atomic E-state index is 13.0. The molecule has 2 aliphatic carbocycles. The predicted molar refractivity (Wildman–Crippen MR) is 109 cm³/mol. The van der Waals surface area contributed by atoms with E-state index in [2.05, 4.69) is 5.32 Å². The summed E-state index contributed by atoms with van der Waals surface area (Å²) >= 11 is 1.32. The Morgan fingerprint density at radius 2 is 1.83 bits per heavy atom. The smallest absolute Gasteiger partial charge is 0.340 e. The number of hydrogen-bond donors (Lipinski definition) is 2. The van der Waals surface area contributed by atoms with Crippen LogP contribution in [0.15, 0.2) is 48.6 Å². The fourth-order valence-corrected chi connectivity index (χ4v) is 5.47. The fraction of sp³-hybridized carbons (Fsp3) is 0.318. The van der Waals surface area contributed by atoms with Gasteiger partial charge in [-0.2, -0.15) is 0 Å². The molecule has 7 heteroatoms. The van der Waals surface area contributed by atoms with Gasteiger partial charge in [0.15, 0.2) is 0 Å². The number of fused-ring (bicyclic) bond motifs is 2. The summed E-state index contributed by atoms with van der Waals surface area (Å²) in [5.74, 6) is -3.38. The Labute approximate surface area is 172 Å². The van der Waals surface area contributed by atoms with Crippen LogP contribution in [-0.4, -0.2) is 30.1 Å². The number of benzene rings is 1. The van der Waals surface area contributed by atoms with Crippen LogP contribution in [0.1, 0.15) is 27.2 Å². The minimum absolute atomic E-state index is 0.0774. The molecule has 0 unspecified atom stereocenters. The second-order valence-corrected chi connectivity index (χ2v) is 8.57. The normalized spacial score (nSPS) is 24.4. The van der Waals surface area contributed by atoms with Crippen LogP contribution in [-0.2, 0) is 20.7 Å². The number of rotatable bonds is 6. The quantitative estimate of drug-likeness (QED) is 0.560. The van der Waals surface area contributed by atoms with Gasteiger partial charge in [0, 0.05) is 11.3 Å². The third kappa shape index (κ3) is 3.70. The number of hydrogen-bond acceptors (Lipinski definition) is 5. The average molecular weight is 411 g/mol. The minimum atomic E-state index is -0.953. The summed E-state index contributed by atoms with van der Waals surface area (Å²) in [6.45, 7) is 0. The van der Waals surface area contributed by atoms with E-state index >= 15 is 0 Å². The zero-order valence-corrected chi connectivity index (χ0v) is 16.6. The number of allylic oxidation sites excluding steroid dienone is 2. The van der Waals surface area contributed by atoms with Crippen molar-refractivity contribution in [2.24, 2.45) is 23.7 Å². The maximum Gasteiger partial charge on any atom is 0.340 e. The number of aliphatic carboxylic acids is 1. The van der Waals surface area contributed by atoms with Crippen LogP contribution in [0.5, 0.6) is 0 Å². The Balaban J connectivity index is 1.58. The Morgan fingerprint density at radius 1 is 1.14 bits per heavy atom. The highest BCUT2D eigenvalue weighted by atomic mass is 32.1. The van der Waals surface area contributed by atoms with Gasteiger partial charge in [0.05, 0.1) is 24.5 Å². The molecule has 0 spiro atoms.